The summed E-state index contributed by atoms with van der Waals surface area (Å²) in [4.78, 5) is 2.32. The monoisotopic (exact) mass is 383 g/mol. The minimum Gasteiger partial charge on any atom is -0.507 e. The number of para-hydroxylation sites is 1. The molecule has 5 nitrogen and oxygen atoms in total. The zero-order chi connectivity index (χ0) is 18.6. The van der Waals surface area contributed by atoms with Crippen molar-refractivity contribution in [3.8, 4) is 11.5 Å². The molecule has 5 rings (SSSR count). The summed E-state index contributed by atoms with van der Waals surface area (Å²) < 4.78 is 6.56. The van der Waals surface area contributed by atoms with Gasteiger partial charge in [-0.3, -0.25) is 0 Å². The van der Waals surface area contributed by atoms with Crippen LogP contribution in [0.15, 0.2) is 47.6 Å². The normalized spacial score (nSPS) is 23.6. The van der Waals surface area contributed by atoms with Crippen LogP contribution in [0.1, 0.15) is 36.4 Å². The van der Waals surface area contributed by atoms with Crippen LogP contribution in [0.2, 0.25) is 5.02 Å². The Balaban J connectivity index is 1.61. The Morgan fingerprint density at radius 3 is 2.74 bits per heavy atom. The maximum absolute atomic E-state index is 10.3. The topological polar surface area (TPSA) is 48.3 Å². The van der Waals surface area contributed by atoms with E-state index in [1.165, 1.54) is 0 Å². The molecule has 0 radical (unpaired) electrons. The first-order chi connectivity index (χ1) is 13.1. The Morgan fingerprint density at radius 1 is 1.19 bits per heavy atom. The largest absolute Gasteiger partial charge is 0.507 e. The molecule has 1 fully saturated rings. The number of hydrogen-bond acceptors (Lipinski definition) is 5. The van der Waals surface area contributed by atoms with Gasteiger partial charge in [0, 0.05) is 48.5 Å². The third-order valence-electron chi connectivity index (χ3n) is 5.94. The molecule has 1 N–H and O–H groups in total. The predicted molar refractivity (Wildman–Crippen MR) is 105 cm³/mol. The van der Waals surface area contributed by atoms with Crippen molar-refractivity contribution >= 4 is 17.3 Å². The van der Waals surface area contributed by atoms with Crippen LogP contribution in [0.4, 0.5) is 0 Å². The van der Waals surface area contributed by atoms with Gasteiger partial charge < -0.3 is 14.7 Å². The summed E-state index contributed by atoms with van der Waals surface area (Å²) in [6.45, 7) is 1.93. The van der Waals surface area contributed by atoms with Crippen LogP contribution >= 0.6 is 11.6 Å². The Bertz CT molecular complexity index is 921. The first-order valence-corrected chi connectivity index (χ1v) is 9.76. The van der Waals surface area contributed by atoms with Gasteiger partial charge in [0.05, 0.1) is 11.8 Å². The number of phenols is 1. The molecule has 3 heterocycles. The highest BCUT2D eigenvalue weighted by atomic mass is 35.5. The number of rotatable bonds is 1. The molecule has 3 aliphatic rings. The summed E-state index contributed by atoms with van der Waals surface area (Å²) in [6, 6.07) is 13.3. The van der Waals surface area contributed by atoms with Gasteiger partial charge in [0.15, 0.2) is 0 Å². The third kappa shape index (κ3) is 2.68. The zero-order valence-electron chi connectivity index (χ0n) is 15.2. The third-order valence-corrected chi connectivity index (χ3v) is 6.18. The van der Waals surface area contributed by atoms with E-state index in [2.05, 4.69) is 17.0 Å². The van der Waals surface area contributed by atoms with Crippen molar-refractivity contribution in [2.75, 3.05) is 20.1 Å². The molecular weight excluding hydrogens is 362 g/mol. The van der Waals surface area contributed by atoms with Crippen LogP contribution in [0.25, 0.3) is 0 Å². The lowest BCUT2D eigenvalue weighted by atomic mass is 9.91. The maximum Gasteiger partial charge on any atom is 0.200 e. The van der Waals surface area contributed by atoms with Crippen molar-refractivity contribution < 1.29 is 9.84 Å². The molecule has 1 atom stereocenters. The second kappa shape index (κ2) is 6.14. The Kier molecular flexibility index (Phi) is 3.85. The molecule has 140 valence electrons. The quantitative estimate of drug-likeness (QED) is 0.808. The van der Waals surface area contributed by atoms with Gasteiger partial charge in [0.1, 0.15) is 11.5 Å². The maximum atomic E-state index is 10.3. The summed E-state index contributed by atoms with van der Waals surface area (Å²) in [7, 11) is 2.14. The number of likely N-dealkylation sites (tertiary alicyclic amines) is 1. The van der Waals surface area contributed by atoms with Crippen molar-refractivity contribution in [1.29, 1.82) is 0 Å². The lowest BCUT2D eigenvalue weighted by Crippen LogP contribution is -2.58. The fourth-order valence-electron chi connectivity index (χ4n) is 4.43. The molecule has 27 heavy (non-hydrogen) atoms. The number of hydrogen-bond donors (Lipinski definition) is 1. The summed E-state index contributed by atoms with van der Waals surface area (Å²) in [5.41, 5.74) is 2.32. The van der Waals surface area contributed by atoms with Crippen LogP contribution in [-0.4, -0.2) is 46.6 Å². The standard InChI is InChI=1S/C21H22ClN3O2/c1-24-10-8-21(9-11-24)25-18(16-12-14(22)6-7-20(16)27-21)13-17(23-25)15-4-2-3-5-19(15)26/h2-7,12,18,26H,8-11,13H2,1H3/t18-/m0/s1. The second-order valence-corrected chi connectivity index (χ2v) is 8.10. The van der Waals surface area contributed by atoms with Crippen molar-refractivity contribution in [1.82, 2.24) is 9.91 Å². The zero-order valence-corrected chi connectivity index (χ0v) is 16.0. The number of piperidine rings is 1. The number of fused-ring (bicyclic) bond motifs is 4. The minimum absolute atomic E-state index is 0.0745. The summed E-state index contributed by atoms with van der Waals surface area (Å²) in [6.07, 6.45) is 2.51. The smallest absolute Gasteiger partial charge is 0.200 e. The van der Waals surface area contributed by atoms with Gasteiger partial charge in [0.25, 0.3) is 0 Å². The predicted octanol–water partition coefficient (Wildman–Crippen LogP) is 4.01. The van der Waals surface area contributed by atoms with Crippen LogP contribution in [-0.2, 0) is 0 Å². The minimum atomic E-state index is -0.440. The molecule has 2 aromatic rings. The first-order valence-electron chi connectivity index (χ1n) is 9.38. The lowest BCUT2D eigenvalue weighted by Gasteiger charge is -2.50. The highest BCUT2D eigenvalue weighted by Gasteiger charge is 2.51. The fourth-order valence-corrected chi connectivity index (χ4v) is 4.61. The summed E-state index contributed by atoms with van der Waals surface area (Å²) in [5.74, 6) is 1.17. The van der Waals surface area contributed by atoms with Crippen LogP contribution in [0.3, 0.4) is 0 Å². The van der Waals surface area contributed by atoms with E-state index in [-0.39, 0.29) is 11.8 Å². The first kappa shape index (κ1) is 16.9. The Morgan fingerprint density at radius 2 is 1.96 bits per heavy atom. The van der Waals surface area contributed by atoms with Gasteiger partial charge >= 0.3 is 0 Å². The van der Waals surface area contributed by atoms with E-state index < -0.39 is 5.72 Å². The van der Waals surface area contributed by atoms with Gasteiger partial charge in [-0.2, -0.15) is 5.10 Å². The average molecular weight is 384 g/mol. The van der Waals surface area contributed by atoms with Gasteiger partial charge in [-0.15, -0.1) is 0 Å². The number of hydrazone groups is 1. The number of halogens is 1. The number of phenolic OH excluding ortho intramolecular Hbond substituents is 1. The highest BCUT2D eigenvalue weighted by Crippen LogP contribution is 2.50. The average Bonchev–Trinajstić information content (AvgIpc) is 3.12. The van der Waals surface area contributed by atoms with Crippen molar-refractivity contribution in [2.24, 2.45) is 5.10 Å². The number of nitrogens with zero attached hydrogens (tertiary/aromatic N) is 3. The molecule has 0 saturated carbocycles. The molecule has 0 amide bonds. The molecular formula is C21H22ClN3O2. The number of aromatic hydroxyl groups is 1. The van der Waals surface area contributed by atoms with Crippen molar-refractivity contribution in [3.63, 3.8) is 0 Å². The van der Waals surface area contributed by atoms with E-state index in [0.29, 0.717) is 5.02 Å². The molecule has 1 saturated heterocycles. The second-order valence-electron chi connectivity index (χ2n) is 7.66. The molecule has 6 heteroatoms. The van der Waals surface area contributed by atoms with Gasteiger partial charge in [-0.1, -0.05) is 23.7 Å². The number of ether oxygens (including phenoxy) is 1. The van der Waals surface area contributed by atoms with E-state index in [0.717, 1.165) is 54.9 Å². The number of benzene rings is 2. The molecule has 0 aliphatic carbocycles. The molecule has 2 aromatic carbocycles. The van der Waals surface area contributed by atoms with Crippen LogP contribution in [0.5, 0.6) is 11.5 Å². The highest BCUT2D eigenvalue weighted by molar-refractivity contribution is 6.30. The van der Waals surface area contributed by atoms with Crippen LogP contribution in [0, 0.1) is 0 Å². The van der Waals surface area contributed by atoms with Gasteiger partial charge in [-0.05, 0) is 37.4 Å². The molecule has 0 unspecified atom stereocenters. The molecule has 0 aromatic heterocycles. The lowest BCUT2D eigenvalue weighted by molar-refractivity contribution is -0.147. The Hall–Kier alpha value is -2.24. The van der Waals surface area contributed by atoms with E-state index in [1.54, 1.807) is 6.07 Å². The van der Waals surface area contributed by atoms with Crippen molar-refractivity contribution in [3.05, 3.63) is 58.6 Å². The summed E-state index contributed by atoms with van der Waals surface area (Å²) in [5, 5.41) is 18.1. The van der Waals surface area contributed by atoms with Gasteiger partial charge in [-0.25, -0.2) is 5.01 Å². The fraction of sp³-hybridized carbons (Fsp3) is 0.381. The van der Waals surface area contributed by atoms with E-state index >= 15 is 0 Å². The van der Waals surface area contributed by atoms with E-state index in [1.807, 2.05) is 36.4 Å². The summed E-state index contributed by atoms with van der Waals surface area (Å²) >= 11 is 6.28. The van der Waals surface area contributed by atoms with E-state index in [4.69, 9.17) is 21.4 Å². The van der Waals surface area contributed by atoms with E-state index in [9.17, 15) is 5.11 Å². The van der Waals surface area contributed by atoms with Crippen LogP contribution < -0.4 is 4.74 Å². The molecule has 0 bridgehead atoms. The molecule has 1 spiro atoms. The SMILES string of the molecule is CN1CCC2(CC1)Oc1ccc(Cl)cc1[C@@H]1CC(c3ccccc3O)=NN12. The van der Waals surface area contributed by atoms with Crippen molar-refractivity contribution in [2.45, 2.75) is 31.0 Å². The Labute approximate surface area is 163 Å². The van der Waals surface area contributed by atoms with Gasteiger partial charge in [0.2, 0.25) is 5.72 Å². The molecule has 3 aliphatic heterocycles.